The van der Waals surface area contributed by atoms with E-state index in [1.807, 2.05) is 26.0 Å². The van der Waals surface area contributed by atoms with Crippen molar-refractivity contribution in [3.8, 4) is 0 Å². The highest BCUT2D eigenvalue weighted by Gasteiger charge is 2.27. The molecule has 0 aliphatic rings. The lowest BCUT2D eigenvalue weighted by Crippen LogP contribution is -2.26. The maximum absolute atomic E-state index is 11.2. The number of hydrogen-bond acceptors (Lipinski definition) is 2. The third-order valence-electron chi connectivity index (χ3n) is 3.07. The molecule has 1 aromatic rings. The zero-order valence-corrected chi connectivity index (χ0v) is 13.2. The van der Waals surface area contributed by atoms with Crippen molar-refractivity contribution >= 4 is 19.7 Å². The maximum atomic E-state index is 11.2. The fourth-order valence-corrected chi connectivity index (χ4v) is 3.78. The summed E-state index contributed by atoms with van der Waals surface area (Å²) < 4.78 is 22.4. The maximum Gasteiger partial charge on any atom is 0.233 e. The number of hydrogen-bond donors (Lipinski definition) is 0. The normalized spacial score (nSPS) is 13.7. The second-order valence-corrected chi connectivity index (χ2v) is 9.17. The molecule has 0 saturated carbocycles. The van der Waals surface area contributed by atoms with Gasteiger partial charge in [-0.2, -0.15) is 0 Å². The van der Waals surface area contributed by atoms with E-state index < -0.39 is 14.5 Å². The van der Waals surface area contributed by atoms with Crippen molar-refractivity contribution < 1.29 is 8.42 Å². The van der Waals surface area contributed by atoms with Crippen LogP contribution in [0, 0.1) is 0 Å². The Balaban J connectivity index is 3.05. The first-order valence-electron chi connectivity index (χ1n) is 5.95. The van der Waals surface area contributed by atoms with Crippen molar-refractivity contribution in [2.75, 3.05) is 5.75 Å². The first-order chi connectivity index (χ1) is 7.92. The zero-order chi connectivity index (χ0) is 14.2. The van der Waals surface area contributed by atoms with E-state index in [4.69, 9.17) is 10.7 Å². The fraction of sp³-hybridized carbons (Fsp3) is 0.571. The summed E-state index contributed by atoms with van der Waals surface area (Å²) >= 11 is 0. The van der Waals surface area contributed by atoms with Crippen LogP contribution >= 0.6 is 10.7 Å². The van der Waals surface area contributed by atoms with Crippen LogP contribution in [0.3, 0.4) is 0 Å². The molecule has 0 aliphatic heterocycles. The SMILES string of the molecule is CC(C)(C)c1ccc(C(C)(C)CS(=O)(=O)Cl)cc1. The van der Waals surface area contributed by atoms with E-state index in [2.05, 4.69) is 32.9 Å². The summed E-state index contributed by atoms with van der Waals surface area (Å²) in [7, 11) is 1.85. The van der Waals surface area contributed by atoms with Crippen LogP contribution in [-0.2, 0) is 19.9 Å². The van der Waals surface area contributed by atoms with Gasteiger partial charge in [0.05, 0.1) is 5.75 Å². The van der Waals surface area contributed by atoms with Gasteiger partial charge in [0.2, 0.25) is 9.05 Å². The van der Waals surface area contributed by atoms with Gasteiger partial charge in [-0.05, 0) is 16.5 Å². The first kappa shape index (κ1) is 15.5. The Kier molecular flexibility index (Phi) is 4.19. The van der Waals surface area contributed by atoms with Gasteiger partial charge in [-0.1, -0.05) is 58.9 Å². The molecule has 0 bridgehead atoms. The van der Waals surface area contributed by atoms with Crippen LogP contribution in [0.25, 0.3) is 0 Å². The van der Waals surface area contributed by atoms with Crippen LogP contribution in [0.2, 0.25) is 0 Å². The summed E-state index contributed by atoms with van der Waals surface area (Å²) in [5.41, 5.74) is 1.84. The van der Waals surface area contributed by atoms with Crippen molar-refractivity contribution in [3.05, 3.63) is 35.4 Å². The predicted octanol–water partition coefficient (Wildman–Crippen LogP) is 3.83. The van der Waals surface area contributed by atoms with Crippen LogP contribution in [0.5, 0.6) is 0 Å². The summed E-state index contributed by atoms with van der Waals surface area (Å²) in [4.78, 5) is 0. The molecule has 2 nitrogen and oxygen atoms in total. The molecule has 0 spiro atoms. The Morgan fingerprint density at radius 1 is 0.944 bits per heavy atom. The highest BCUT2D eigenvalue weighted by atomic mass is 35.7. The minimum atomic E-state index is -3.50. The fourth-order valence-electron chi connectivity index (χ4n) is 1.94. The lowest BCUT2D eigenvalue weighted by molar-refractivity contribution is 0.555. The Morgan fingerprint density at radius 3 is 1.67 bits per heavy atom. The van der Waals surface area contributed by atoms with E-state index in [1.54, 1.807) is 0 Å². The van der Waals surface area contributed by atoms with Gasteiger partial charge < -0.3 is 0 Å². The monoisotopic (exact) mass is 288 g/mol. The predicted molar refractivity (Wildman–Crippen MR) is 77.8 cm³/mol. The number of benzene rings is 1. The number of halogens is 1. The van der Waals surface area contributed by atoms with Gasteiger partial charge in [-0.3, -0.25) is 0 Å². The number of rotatable bonds is 3. The smallest absolute Gasteiger partial charge is 0.212 e. The Hall–Kier alpha value is -0.540. The minimum Gasteiger partial charge on any atom is -0.212 e. The molecule has 0 amide bonds. The highest BCUT2D eigenvalue weighted by molar-refractivity contribution is 8.13. The molecule has 0 saturated heterocycles. The molecular formula is C14H21ClO2S. The van der Waals surface area contributed by atoms with Crippen LogP contribution in [-0.4, -0.2) is 14.2 Å². The summed E-state index contributed by atoms with van der Waals surface area (Å²) in [5, 5.41) is 0. The molecule has 0 unspecified atom stereocenters. The Morgan fingerprint density at radius 2 is 1.33 bits per heavy atom. The third-order valence-corrected chi connectivity index (χ3v) is 4.46. The van der Waals surface area contributed by atoms with Gasteiger partial charge >= 0.3 is 0 Å². The van der Waals surface area contributed by atoms with Gasteiger partial charge in [-0.25, -0.2) is 8.42 Å². The van der Waals surface area contributed by atoms with E-state index in [-0.39, 0.29) is 11.2 Å². The van der Waals surface area contributed by atoms with Crippen LogP contribution in [0.4, 0.5) is 0 Å². The molecule has 0 aromatic heterocycles. The molecule has 0 atom stereocenters. The average molecular weight is 289 g/mol. The molecule has 1 aromatic carbocycles. The van der Waals surface area contributed by atoms with Crippen LogP contribution in [0.1, 0.15) is 45.7 Å². The molecule has 102 valence electrons. The molecule has 4 heteroatoms. The summed E-state index contributed by atoms with van der Waals surface area (Å²) in [6.45, 7) is 10.2. The van der Waals surface area contributed by atoms with Crippen molar-refractivity contribution in [1.29, 1.82) is 0 Å². The molecule has 18 heavy (non-hydrogen) atoms. The quantitative estimate of drug-likeness (QED) is 0.792. The largest absolute Gasteiger partial charge is 0.233 e. The van der Waals surface area contributed by atoms with Crippen LogP contribution < -0.4 is 0 Å². The van der Waals surface area contributed by atoms with E-state index in [1.165, 1.54) is 5.56 Å². The topological polar surface area (TPSA) is 34.1 Å². The lowest BCUT2D eigenvalue weighted by Gasteiger charge is -2.25. The zero-order valence-electron chi connectivity index (χ0n) is 11.6. The van der Waals surface area contributed by atoms with Gasteiger partial charge in [-0.15, -0.1) is 0 Å². The van der Waals surface area contributed by atoms with Gasteiger partial charge in [0.1, 0.15) is 0 Å². The lowest BCUT2D eigenvalue weighted by atomic mass is 9.82. The molecule has 0 heterocycles. The highest BCUT2D eigenvalue weighted by Crippen LogP contribution is 2.29. The summed E-state index contributed by atoms with van der Waals surface area (Å²) in [6, 6.07) is 8.08. The molecule has 0 fully saturated rings. The Bertz CT molecular complexity index is 508. The van der Waals surface area contributed by atoms with E-state index >= 15 is 0 Å². The Labute approximate surface area is 115 Å². The molecule has 0 radical (unpaired) electrons. The molecule has 0 aliphatic carbocycles. The standard InChI is InChI=1S/C14H21ClO2S/c1-13(2,3)11-6-8-12(9-7-11)14(4,5)10-18(15,16)17/h6-9H,10H2,1-5H3. The average Bonchev–Trinajstić information content (AvgIpc) is 2.13. The van der Waals surface area contributed by atoms with Gasteiger partial charge in [0.25, 0.3) is 0 Å². The van der Waals surface area contributed by atoms with Crippen molar-refractivity contribution in [2.24, 2.45) is 0 Å². The van der Waals surface area contributed by atoms with Gasteiger partial charge in [0.15, 0.2) is 0 Å². The van der Waals surface area contributed by atoms with E-state index in [0.717, 1.165) is 5.56 Å². The van der Waals surface area contributed by atoms with Crippen LogP contribution in [0.15, 0.2) is 24.3 Å². The second-order valence-electron chi connectivity index (χ2n) is 6.39. The minimum absolute atomic E-state index is 0.0591. The van der Waals surface area contributed by atoms with E-state index in [0.29, 0.717) is 0 Å². The van der Waals surface area contributed by atoms with Crippen molar-refractivity contribution in [2.45, 2.75) is 45.4 Å². The third kappa shape index (κ3) is 4.29. The summed E-state index contributed by atoms with van der Waals surface area (Å²) in [5.74, 6) is -0.0591. The van der Waals surface area contributed by atoms with Crippen molar-refractivity contribution in [1.82, 2.24) is 0 Å². The molecule has 0 N–H and O–H groups in total. The molecule has 1 rings (SSSR count). The van der Waals surface area contributed by atoms with E-state index in [9.17, 15) is 8.42 Å². The second kappa shape index (κ2) is 4.86. The van der Waals surface area contributed by atoms with Crippen molar-refractivity contribution in [3.63, 3.8) is 0 Å². The summed E-state index contributed by atoms with van der Waals surface area (Å²) in [6.07, 6.45) is 0. The van der Waals surface area contributed by atoms with Gasteiger partial charge in [0, 0.05) is 16.1 Å². The molecular weight excluding hydrogens is 268 g/mol. The first-order valence-corrected chi connectivity index (χ1v) is 8.43.